The fourth-order valence-corrected chi connectivity index (χ4v) is 2.30. The molecule has 0 saturated heterocycles. The van der Waals surface area contributed by atoms with Crippen molar-refractivity contribution in [3.63, 3.8) is 0 Å². The first-order chi connectivity index (χ1) is 12.8. The van der Waals surface area contributed by atoms with Crippen molar-refractivity contribution in [2.45, 2.75) is 27.7 Å². The molecule has 0 aliphatic carbocycles. The Morgan fingerprint density at radius 3 is 2.42 bits per heavy atom. The van der Waals surface area contributed by atoms with Gasteiger partial charge in [-0.3, -0.25) is 14.5 Å². The lowest BCUT2D eigenvalue weighted by Gasteiger charge is -2.04. The van der Waals surface area contributed by atoms with E-state index in [1.807, 2.05) is 56.7 Å². The van der Waals surface area contributed by atoms with Crippen molar-refractivity contribution >= 4 is 17.3 Å². The highest BCUT2D eigenvalue weighted by atomic mass is 16.1. The Labute approximate surface area is 152 Å². The van der Waals surface area contributed by atoms with Gasteiger partial charge in [-0.15, -0.1) is 0 Å². The van der Waals surface area contributed by atoms with Gasteiger partial charge in [0.15, 0.2) is 12.1 Å². The van der Waals surface area contributed by atoms with Gasteiger partial charge in [0.2, 0.25) is 0 Å². The monoisotopic (exact) mass is 350 g/mol. The van der Waals surface area contributed by atoms with Crippen LogP contribution in [0.15, 0.2) is 49.2 Å². The molecule has 7 heteroatoms. The van der Waals surface area contributed by atoms with Crippen molar-refractivity contribution in [1.29, 1.82) is 0 Å². The average molecular weight is 350 g/mol. The number of nitrogens with zero attached hydrogens (tertiary/aromatic N) is 5. The minimum atomic E-state index is 0.555. The smallest absolute Gasteiger partial charge is 0.156 e. The minimum Gasteiger partial charge on any atom is -0.298 e. The number of hydrogen-bond donors (Lipinski definition) is 1. The first-order valence-electron chi connectivity index (χ1n) is 8.59. The number of H-pyrrole nitrogens is 1. The normalized spacial score (nSPS) is 9.69. The summed E-state index contributed by atoms with van der Waals surface area (Å²) in [5.74, 6) is 1.41. The molecule has 0 aromatic carbocycles. The first-order valence-corrected chi connectivity index (χ1v) is 8.59. The molecule has 4 heterocycles. The zero-order valence-electron chi connectivity index (χ0n) is 15.3. The summed E-state index contributed by atoms with van der Waals surface area (Å²) in [4.78, 5) is 23.7. The Bertz CT molecular complexity index is 942. The van der Waals surface area contributed by atoms with Gasteiger partial charge >= 0.3 is 0 Å². The maximum Gasteiger partial charge on any atom is 0.156 e. The summed E-state index contributed by atoms with van der Waals surface area (Å²) in [6, 6.07) is 7.50. The van der Waals surface area contributed by atoms with Gasteiger partial charge in [-0.2, -0.15) is 5.10 Å². The molecule has 0 fully saturated rings. The molecule has 0 bridgehead atoms. The van der Waals surface area contributed by atoms with Crippen molar-refractivity contribution < 1.29 is 4.79 Å². The van der Waals surface area contributed by atoms with Crippen LogP contribution < -0.4 is 0 Å². The van der Waals surface area contributed by atoms with Crippen LogP contribution in [-0.2, 0) is 0 Å². The maximum atomic E-state index is 10.8. The Kier molecular flexibility index (Phi) is 6.73. The third kappa shape index (κ3) is 3.83. The number of carbonyl (C=O) groups excluding carboxylic acids is 1. The summed E-state index contributed by atoms with van der Waals surface area (Å²) in [5, 5.41) is 7.51. The van der Waals surface area contributed by atoms with Gasteiger partial charge in [-0.1, -0.05) is 27.7 Å². The highest BCUT2D eigenvalue weighted by Gasteiger charge is 2.07. The van der Waals surface area contributed by atoms with Crippen LogP contribution in [0.25, 0.3) is 28.2 Å². The molecule has 26 heavy (non-hydrogen) atoms. The predicted octanol–water partition coefficient (Wildman–Crippen LogP) is 4.07. The predicted molar refractivity (Wildman–Crippen MR) is 102 cm³/mol. The van der Waals surface area contributed by atoms with Gasteiger partial charge in [-0.25, -0.2) is 15.0 Å². The first kappa shape index (κ1) is 19.0. The Hall–Kier alpha value is -3.35. The quantitative estimate of drug-likeness (QED) is 0.563. The van der Waals surface area contributed by atoms with Crippen LogP contribution in [0.4, 0.5) is 0 Å². The van der Waals surface area contributed by atoms with E-state index in [9.17, 15) is 4.79 Å². The second kappa shape index (κ2) is 9.22. The summed E-state index contributed by atoms with van der Waals surface area (Å²) < 4.78 is 1.87. The molecule has 0 atom stereocenters. The molecule has 1 N–H and O–H groups in total. The minimum absolute atomic E-state index is 0.555. The third-order valence-corrected chi connectivity index (χ3v) is 3.37. The number of fused-ring (bicyclic) bond motifs is 1. The van der Waals surface area contributed by atoms with Crippen LogP contribution in [0, 0.1) is 0 Å². The molecule has 7 nitrogen and oxygen atoms in total. The number of aromatic amines is 1. The lowest BCUT2D eigenvalue weighted by atomic mass is 10.2. The number of carbonyl (C=O) groups is 1. The standard InChI is InChI=1S/C15H10N6O.2C2H6/c22-8-10-5-11-3-4-21(15(11)17-6-10)13-2-1-12(7-16-13)14-18-9-19-20-14;2*1-2/h1-9H,(H,18,19,20);2*1-2H3. The molecule has 4 rings (SSSR count). The van der Waals surface area contributed by atoms with Crippen molar-refractivity contribution in [2.24, 2.45) is 0 Å². The van der Waals surface area contributed by atoms with Gasteiger partial charge < -0.3 is 0 Å². The fraction of sp³-hybridized carbons (Fsp3) is 0.211. The van der Waals surface area contributed by atoms with Gasteiger partial charge in [0.1, 0.15) is 17.8 Å². The van der Waals surface area contributed by atoms with Crippen LogP contribution in [0.5, 0.6) is 0 Å². The van der Waals surface area contributed by atoms with E-state index in [0.29, 0.717) is 11.4 Å². The lowest BCUT2D eigenvalue weighted by Crippen LogP contribution is -1.97. The lowest BCUT2D eigenvalue weighted by molar-refractivity contribution is 0.112. The number of pyridine rings is 2. The molecular formula is C19H22N6O. The number of aromatic nitrogens is 6. The number of aldehydes is 1. The van der Waals surface area contributed by atoms with Crippen molar-refractivity contribution in [3.8, 4) is 17.2 Å². The van der Waals surface area contributed by atoms with Crippen LogP contribution in [0.2, 0.25) is 0 Å². The summed E-state index contributed by atoms with van der Waals surface area (Å²) in [6.45, 7) is 8.00. The Morgan fingerprint density at radius 1 is 1.00 bits per heavy atom. The number of nitrogens with one attached hydrogen (secondary N) is 1. The van der Waals surface area contributed by atoms with Gasteiger partial charge in [0.05, 0.1) is 0 Å². The fourth-order valence-electron chi connectivity index (χ4n) is 2.30. The zero-order valence-corrected chi connectivity index (χ0v) is 15.3. The maximum absolute atomic E-state index is 10.8. The van der Waals surface area contributed by atoms with Crippen molar-refractivity contribution in [1.82, 2.24) is 29.7 Å². The van der Waals surface area contributed by atoms with Crippen LogP contribution >= 0.6 is 0 Å². The molecule has 0 saturated carbocycles. The van der Waals surface area contributed by atoms with Crippen LogP contribution in [0.1, 0.15) is 38.1 Å². The molecule has 4 aromatic heterocycles. The van der Waals surface area contributed by atoms with Gasteiger partial charge in [-0.05, 0) is 24.3 Å². The summed E-state index contributed by atoms with van der Waals surface area (Å²) in [5.41, 5.74) is 2.17. The van der Waals surface area contributed by atoms with E-state index in [-0.39, 0.29) is 0 Å². The summed E-state index contributed by atoms with van der Waals surface area (Å²) in [6.07, 6.45) is 7.39. The molecule has 0 radical (unpaired) electrons. The van der Waals surface area contributed by atoms with Crippen molar-refractivity contribution in [2.75, 3.05) is 0 Å². The van der Waals surface area contributed by atoms with Crippen LogP contribution in [-0.4, -0.2) is 36.0 Å². The van der Waals surface area contributed by atoms with Crippen molar-refractivity contribution in [3.05, 3.63) is 54.7 Å². The molecule has 0 unspecified atom stereocenters. The van der Waals surface area contributed by atoms with Gasteiger partial charge in [0.25, 0.3) is 0 Å². The number of rotatable bonds is 3. The van der Waals surface area contributed by atoms with E-state index >= 15 is 0 Å². The molecule has 0 amide bonds. The zero-order chi connectivity index (χ0) is 18.9. The average Bonchev–Trinajstić information content (AvgIpc) is 3.41. The molecule has 4 aromatic rings. The number of hydrogen-bond acceptors (Lipinski definition) is 5. The molecule has 0 spiro atoms. The Morgan fingerprint density at radius 2 is 1.81 bits per heavy atom. The van der Waals surface area contributed by atoms with Gasteiger partial charge in [0, 0.05) is 35.1 Å². The highest BCUT2D eigenvalue weighted by Crippen LogP contribution is 2.20. The molecule has 134 valence electrons. The summed E-state index contributed by atoms with van der Waals surface area (Å²) >= 11 is 0. The largest absolute Gasteiger partial charge is 0.298 e. The topological polar surface area (TPSA) is 89.4 Å². The summed E-state index contributed by atoms with van der Waals surface area (Å²) in [7, 11) is 0. The van der Waals surface area contributed by atoms with E-state index < -0.39 is 0 Å². The van der Waals surface area contributed by atoms with E-state index in [2.05, 4.69) is 25.1 Å². The van der Waals surface area contributed by atoms with E-state index in [4.69, 9.17) is 0 Å². The second-order valence-electron chi connectivity index (χ2n) is 4.72. The Balaban J connectivity index is 0.000000570. The third-order valence-electron chi connectivity index (χ3n) is 3.37. The van der Waals surface area contributed by atoms with E-state index in [1.54, 1.807) is 18.5 Å². The highest BCUT2D eigenvalue weighted by molar-refractivity contribution is 5.85. The molecular weight excluding hydrogens is 328 g/mol. The van der Waals surface area contributed by atoms with E-state index in [1.165, 1.54) is 6.33 Å². The SMILES string of the molecule is CC.CC.O=Cc1cnc2c(ccn2-c2ccc(-c3ncn[nH]3)cn2)c1. The second-order valence-corrected chi connectivity index (χ2v) is 4.72. The van der Waals surface area contributed by atoms with E-state index in [0.717, 1.165) is 28.7 Å². The molecule has 0 aliphatic heterocycles. The molecule has 0 aliphatic rings. The van der Waals surface area contributed by atoms with Crippen LogP contribution in [0.3, 0.4) is 0 Å².